The summed E-state index contributed by atoms with van der Waals surface area (Å²) in [6.07, 6.45) is 2.04. The van der Waals surface area contributed by atoms with Crippen LogP contribution < -0.4 is 10.5 Å². The van der Waals surface area contributed by atoms with Gasteiger partial charge in [0.05, 0.1) is 10.9 Å². The van der Waals surface area contributed by atoms with Crippen LogP contribution >= 0.6 is 11.3 Å². The van der Waals surface area contributed by atoms with Crippen molar-refractivity contribution >= 4 is 37.5 Å². The van der Waals surface area contributed by atoms with E-state index < -0.39 is 16.1 Å². The summed E-state index contributed by atoms with van der Waals surface area (Å²) in [6.45, 7) is 0. The molecule has 2 heterocycles. The van der Waals surface area contributed by atoms with E-state index >= 15 is 0 Å². The van der Waals surface area contributed by atoms with Crippen molar-refractivity contribution in [1.82, 2.24) is 14.7 Å². The monoisotopic (exact) mass is 437 g/mol. The molecule has 0 aliphatic carbocycles. The van der Waals surface area contributed by atoms with Crippen LogP contribution in [-0.4, -0.2) is 24.2 Å². The van der Waals surface area contributed by atoms with Crippen LogP contribution in [0, 0.1) is 5.41 Å². The Bertz CT molecular complexity index is 1270. The van der Waals surface area contributed by atoms with Gasteiger partial charge in [0, 0.05) is 11.8 Å². The van der Waals surface area contributed by atoms with Crippen LogP contribution in [0.4, 0.5) is 0 Å². The van der Waals surface area contributed by atoms with Crippen molar-refractivity contribution in [3.8, 4) is 0 Å². The van der Waals surface area contributed by atoms with Crippen LogP contribution in [0.25, 0.3) is 10.3 Å². The highest BCUT2D eigenvalue weighted by Crippen LogP contribution is 2.28. The number of nitrogens with zero attached hydrogens (tertiary/aromatic N) is 2. The normalized spacial score (nSPS) is 12.7. The van der Waals surface area contributed by atoms with Gasteiger partial charge in [0.1, 0.15) is 21.2 Å². The highest BCUT2D eigenvalue weighted by atomic mass is 32.2. The van der Waals surface area contributed by atoms with Crippen molar-refractivity contribution in [2.75, 3.05) is 0 Å². The lowest BCUT2D eigenvalue weighted by molar-refractivity contribution is 0.554. The highest BCUT2D eigenvalue weighted by molar-refractivity contribution is 7.89. The first-order valence-corrected chi connectivity index (χ1v) is 11.4. The van der Waals surface area contributed by atoms with Crippen molar-refractivity contribution in [2.24, 2.45) is 5.73 Å². The molecule has 9 heteroatoms. The molecular formula is C21H19N5O2S2. The number of aromatic nitrogens is 2. The van der Waals surface area contributed by atoms with E-state index in [0.29, 0.717) is 17.0 Å². The third kappa shape index (κ3) is 4.38. The van der Waals surface area contributed by atoms with E-state index in [1.165, 1.54) is 11.3 Å². The van der Waals surface area contributed by atoms with Crippen LogP contribution in [0.3, 0.4) is 0 Å². The predicted molar refractivity (Wildman–Crippen MR) is 118 cm³/mol. The summed E-state index contributed by atoms with van der Waals surface area (Å²) in [5.41, 5.74) is 7.76. The molecular weight excluding hydrogens is 418 g/mol. The van der Waals surface area contributed by atoms with E-state index in [4.69, 9.17) is 11.1 Å². The molecule has 0 radical (unpaired) electrons. The molecule has 152 valence electrons. The van der Waals surface area contributed by atoms with Gasteiger partial charge < -0.3 is 5.73 Å². The Morgan fingerprint density at radius 3 is 2.63 bits per heavy atom. The molecule has 4 aromatic rings. The van der Waals surface area contributed by atoms with Gasteiger partial charge in [0.15, 0.2) is 0 Å². The van der Waals surface area contributed by atoms with Crippen LogP contribution in [0.5, 0.6) is 0 Å². The first kappa shape index (κ1) is 20.1. The van der Waals surface area contributed by atoms with Gasteiger partial charge in [-0.15, -0.1) is 0 Å². The molecule has 0 aliphatic heterocycles. The lowest BCUT2D eigenvalue weighted by Gasteiger charge is -2.17. The Hall–Kier alpha value is -3.14. The van der Waals surface area contributed by atoms with E-state index in [1.807, 2.05) is 12.1 Å². The van der Waals surface area contributed by atoms with E-state index in [-0.39, 0.29) is 10.7 Å². The molecule has 4 N–H and O–H groups in total. The number of sulfonamides is 1. The van der Waals surface area contributed by atoms with Crippen LogP contribution in [-0.2, 0) is 16.4 Å². The van der Waals surface area contributed by atoms with Gasteiger partial charge in [0.25, 0.3) is 0 Å². The average molecular weight is 438 g/mol. The van der Waals surface area contributed by atoms with Gasteiger partial charge in [-0.3, -0.25) is 5.41 Å². The third-order valence-corrected chi connectivity index (χ3v) is 7.09. The topological polar surface area (TPSA) is 122 Å². The number of pyridine rings is 1. The number of nitrogens with one attached hydrogen (secondary N) is 2. The first-order chi connectivity index (χ1) is 14.4. The molecule has 0 saturated heterocycles. The fourth-order valence-corrected chi connectivity index (χ4v) is 5.33. The summed E-state index contributed by atoms with van der Waals surface area (Å²) in [5.74, 6) is -0.0394. The summed E-state index contributed by atoms with van der Waals surface area (Å²) >= 11 is 1.35. The molecule has 0 fully saturated rings. The lowest BCUT2D eigenvalue weighted by Crippen LogP contribution is -2.30. The smallest absolute Gasteiger partial charge is 0.241 e. The van der Waals surface area contributed by atoms with Crippen LogP contribution in [0.1, 0.15) is 22.2 Å². The Morgan fingerprint density at radius 1 is 1.10 bits per heavy atom. The summed E-state index contributed by atoms with van der Waals surface area (Å²) in [5, 5.41) is 8.28. The molecule has 30 heavy (non-hydrogen) atoms. The number of thiazole rings is 1. The molecule has 0 aliphatic rings. The number of hydrogen-bond donors (Lipinski definition) is 3. The number of benzene rings is 2. The van der Waals surface area contributed by atoms with Gasteiger partial charge >= 0.3 is 0 Å². The Kier molecular flexibility index (Phi) is 5.58. The maximum absolute atomic E-state index is 13.0. The van der Waals surface area contributed by atoms with E-state index in [1.54, 1.807) is 60.8 Å². The number of nitrogen functional groups attached to an aromatic ring is 1. The molecule has 0 bridgehead atoms. The molecule has 0 spiro atoms. The SMILES string of the molecule is N=C(N)c1cccc(CC(NS(=O)(=O)c2ccccc2)c2nc3cccnc3s2)c1. The van der Waals surface area contributed by atoms with Gasteiger partial charge in [-0.25, -0.2) is 23.1 Å². The number of fused-ring (bicyclic) bond motifs is 1. The minimum atomic E-state index is -3.76. The van der Waals surface area contributed by atoms with Crippen molar-refractivity contribution in [1.29, 1.82) is 5.41 Å². The first-order valence-electron chi connectivity index (χ1n) is 9.14. The van der Waals surface area contributed by atoms with Crippen molar-refractivity contribution < 1.29 is 8.42 Å². The molecule has 4 rings (SSSR count). The molecule has 1 unspecified atom stereocenters. The van der Waals surface area contributed by atoms with Crippen LogP contribution in [0.15, 0.2) is 77.8 Å². The number of hydrogen-bond acceptors (Lipinski definition) is 6. The third-order valence-electron chi connectivity index (χ3n) is 4.51. The van der Waals surface area contributed by atoms with Gasteiger partial charge in [0.2, 0.25) is 10.0 Å². The number of rotatable bonds is 7. The summed E-state index contributed by atoms with van der Waals surface area (Å²) < 4.78 is 28.8. The van der Waals surface area contributed by atoms with Crippen molar-refractivity contribution in [3.05, 3.63) is 89.1 Å². The zero-order valence-corrected chi connectivity index (χ0v) is 17.5. The van der Waals surface area contributed by atoms with E-state index in [9.17, 15) is 8.42 Å². The maximum atomic E-state index is 13.0. The summed E-state index contributed by atoms with van der Waals surface area (Å²) in [7, 11) is -3.76. The Morgan fingerprint density at radius 2 is 1.90 bits per heavy atom. The number of amidine groups is 1. The molecule has 1 atom stereocenters. The van der Waals surface area contributed by atoms with E-state index in [2.05, 4.69) is 14.7 Å². The second-order valence-electron chi connectivity index (χ2n) is 6.68. The zero-order chi connectivity index (χ0) is 21.1. The summed E-state index contributed by atoms with van der Waals surface area (Å²) in [4.78, 5) is 9.86. The van der Waals surface area contributed by atoms with Crippen LogP contribution in [0.2, 0.25) is 0 Å². The predicted octanol–water partition coefficient (Wildman–Crippen LogP) is 3.24. The standard InChI is InChI=1S/C21H19N5O2S2/c22-19(23)15-7-4-6-14(12-15)13-18(21-25-17-10-5-11-24-20(17)29-21)26-30(27,28)16-8-2-1-3-9-16/h1-12,18,26H,13H2,(H3,22,23). The molecule has 0 saturated carbocycles. The van der Waals surface area contributed by atoms with E-state index in [0.717, 1.165) is 15.9 Å². The quantitative estimate of drug-likeness (QED) is 0.303. The molecule has 2 aromatic heterocycles. The van der Waals surface area contributed by atoms with Gasteiger partial charge in [-0.05, 0) is 42.3 Å². The second kappa shape index (κ2) is 8.31. The number of nitrogens with two attached hydrogens (primary N) is 1. The largest absolute Gasteiger partial charge is 0.384 e. The van der Waals surface area contributed by atoms with Gasteiger partial charge in [-0.1, -0.05) is 47.7 Å². The van der Waals surface area contributed by atoms with Gasteiger partial charge in [-0.2, -0.15) is 0 Å². The fourth-order valence-electron chi connectivity index (χ4n) is 3.07. The molecule has 7 nitrogen and oxygen atoms in total. The average Bonchev–Trinajstić information content (AvgIpc) is 3.18. The highest BCUT2D eigenvalue weighted by Gasteiger charge is 2.25. The van der Waals surface area contributed by atoms with Crippen molar-refractivity contribution in [3.63, 3.8) is 0 Å². The Balaban J connectivity index is 1.73. The fraction of sp³-hybridized carbons (Fsp3) is 0.0952. The molecule has 0 amide bonds. The minimum Gasteiger partial charge on any atom is -0.384 e. The van der Waals surface area contributed by atoms with Crippen molar-refractivity contribution in [2.45, 2.75) is 17.4 Å². The summed E-state index contributed by atoms with van der Waals surface area (Å²) in [6, 6.07) is 18.5. The zero-order valence-electron chi connectivity index (χ0n) is 15.8. The molecule has 2 aromatic carbocycles. The Labute approximate surface area is 178 Å². The minimum absolute atomic E-state index is 0.0394. The lowest BCUT2D eigenvalue weighted by atomic mass is 10.0. The maximum Gasteiger partial charge on any atom is 0.241 e. The second-order valence-corrected chi connectivity index (χ2v) is 9.41.